The molecule has 0 spiro atoms. The summed E-state index contributed by atoms with van der Waals surface area (Å²) in [6.07, 6.45) is 0. The first-order chi connectivity index (χ1) is 4.12. The summed E-state index contributed by atoms with van der Waals surface area (Å²) < 4.78 is 13.3. The van der Waals surface area contributed by atoms with Gasteiger partial charge in [-0.15, -0.1) is 0 Å². The molecule has 9 heavy (non-hydrogen) atoms. The molecule has 0 fully saturated rings. The topological polar surface area (TPSA) is 37.3 Å². The summed E-state index contributed by atoms with van der Waals surface area (Å²) in [6, 6.07) is 0. The van der Waals surface area contributed by atoms with Gasteiger partial charge in [0.15, 0.2) is 0 Å². The molecule has 0 aliphatic carbocycles. The van der Waals surface area contributed by atoms with Gasteiger partial charge in [0.05, 0.1) is 0 Å². The Morgan fingerprint density at radius 1 is 1.67 bits per heavy atom. The third-order valence-electron chi connectivity index (χ3n) is 0.971. The Bertz CT molecular complexity index is 170. The maximum absolute atomic E-state index is 10.1. The fraction of sp³-hybridized carbons (Fsp3) is 0.800. The van der Waals surface area contributed by atoms with Crippen molar-refractivity contribution in [3.63, 3.8) is 0 Å². The standard InChI is InChI=1S/C5H11AsNO2/c1-7(2,3-4-8)5-6-9/h8H,3-4H2,1-2H3/q+1. The van der Waals surface area contributed by atoms with Crippen molar-refractivity contribution in [3.05, 3.63) is 0 Å². The van der Waals surface area contributed by atoms with E-state index in [2.05, 4.69) is 4.74 Å². The van der Waals surface area contributed by atoms with E-state index in [1.807, 2.05) is 14.1 Å². The van der Waals surface area contributed by atoms with E-state index in [1.54, 1.807) is 0 Å². The van der Waals surface area contributed by atoms with Gasteiger partial charge in [0.1, 0.15) is 0 Å². The summed E-state index contributed by atoms with van der Waals surface area (Å²) in [7, 11) is 3.70. The molecule has 0 saturated carbocycles. The fourth-order valence-electron chi connectivity index (χ4n) is 0.411. The first-order valence-corrected chi connectivity index (χ1v) is 4.36. The van der Waals surface area contributed by atoms with E-state index in [1.165, 1.54) is 0 Å². The fourth-order valence-corrected chi connectivity index (χ4v) is 1.08. The zero-order chi connectivity index (χ0) is 7.33. The molecule has 0 amide bonds. The van der Waals surface area contributed by atoms with Gasteiger partial charge < -0.3 is 0 Å². The number of hydrogen-bond acceptors (Lipinski definition) is 2. The molecule has 0 rings (SSSR count). The van der Waals surface area contributed by atoms with Crippen molar-refractivity contribution < 1.29 is 13.3 Å². The monoisotopic (exact) mass is 192 g/mol. The summed E-state index contributed by atoms with van der Waals surface area (Å²) in [4.78, 5) is 0. The van der Waals surface area contributed by atoms with E-state index in [0.717, 1.165) is 0 Å². The van der Waals surface area contributed by atoms with E-state index in [-0.39, 0.29) is 6.61 Å². The Labute approximate surface area is 60.9 Å². The molecule has 0 aliphatic heterocycles. The van der Waals surface area contributed by atoms with Crippen LogP contribution in [0.15, 0.2) is 0 Å². The molecule has 0 aromatic carbocycles. The number of aliphatic hydroxyl groups excluding tert-OH is 1. The van der Waals surface area contributed by atoms with E-state index in [9.17, 15) is 3.74 Å². The average Bonchev–Trinajstić information content (AvgIpc) is 1.64. The molecule has 52 valence electrons. The minimum absolute atomic E-state index is 0.112. The van der Waals surface area contributed by atoms with Crippen molar-refractivity contribution in [2.24, 2.45) is 0 Å². The van der Waals surface area contributed by atoms with Crippen molar-refractivity contribution in [1.82, 2.24) is 0 Å². The Hall–Kier alpha value is 0.0584. The van der Waals surface area contributed by atoms with Crippen molar-refractivity contribution >= 4 is 15.1 Å². The molecule has 0 aliphatic rings. The van der Waals surface area contributed by atoms with Gasteiger partial charge in [-0.3, -0.25) is 0 Å². The van der Waals surface area contributed by atoms with Crippen molar-refractivity contribution in [1.29, 1.82) is 0 Å². The number of rotatable bonds is 2. The molecule has 1 N–H and O–H groups in total. The molecule has 4 heteroatoms. The third-order valence-corrected chi connectivity index (χ3v) is 2.28. The summed E-state index contributed by atoms with van der Waals surface area (Å²) in [5.74, 6) is 0. The van der Waals surface area contributed by atoms with Crippen LogP contribution < -0.4 is 0 Å². The Kier molecular flexibility index (Phi) is 3.99. The summed E-state index contributed by atoms with van der Waals surface area (Å²) >= 11 is -1.01. The van der Waals surface area contributed by atoms with Gasteiger partial charge >= 0.3 is 60.4 Å². The van der Waals surface area contributed by atoms with Crippen LogP contribution in [0.1, 0.15) is 0 Å². The van der Waals surface area contributed by atoms with Crippen molar-refractivity contribution in [3.8, 4) is 4.74 Å². The molecule has 0 aromatic heterocycles. The molecule has 3 nitrogen and oxygen atoms in total. The normalized spacial score (nSPS) is 10.6. The van der Waals surface area contributed by atoms with Gasteiger partial charge in [-0.2, -0.15) is 0 Å². The third kappa shape index (κ3) is 4.55. The maximum atomic E-state index is 10.1. The zero-order valence-electron chi connectivity index (χ0n) is 5.66. The summed E-state index contributed by atoms with van der Waals surface area (Å²) in [5, 5.41) is 8.48. The van der Waals surface area contributed by atoms with Crippen LogP contribution >= 0.6 is 0 Å². The molecule has 0 bridgehead atoms. The van der Waals surface area contributed by atoms with Crippen molar-refractivity contribution in [2.45, 2.75) is 0 Å². The second-order valence-corrected chi connectivity index (χ2v) is 3.13. The number of quaternary nitrogens is 1. The van der Waals surface area contributed by atoms with Crippen LogP contribution in [0.5, 0.6) is 0 Å². The summed E-state index contributed by atoms with van der Waals surface area (Å²) in [6.45, 7) is 0.693. The second-order valence-electron chi connectivity index (χ2n) is 2.32. The number of nitrogens with zero attached hydrogens (tertiary/aromatic N) is 1. The Morgan fingerprint density at radius 3 is 2.56 bits per heavy atom. The number of likely N-dealkylation sites (N-methyl/N-ethyl adjacent to an activating group) is 1. The first kappa shape index (κ1) is 9.06. The SMILES string of the molecule is C[N+](C)(C#[As]=O)CCO. The Balaban J connectivity index is 3.96. The van der Waals surface area contributed by atoms with Crippen LogP contribution in [0.2, 0.25) is 0 Å². The van der Waals surface area contributed by atoms with Crippen LogP contribution in [0, 0.1) is 4.74 Å². The average molecular weight is 192 g/mol. The predicted octanol–water partition coefficient (Wildman–Crippen LogP) is -0.979. The first-order valence-electron chi connectivity index (χ1n) is 2.66. The number of aliphatic hydroxyl groups is 1. The van der Waals surface area contributed by atoms with Gasteiger partial charge in [0, 0.05) is 0 Å². The van der Waals surface area contributed by atoms with Crippen LogP contribution in [0.25, 0.3) is 0 Å². The van der Waals surface area contributed by atoms with E-state index in [0.29, 0.717) is 11.0 Å². The summed E-state index contributed by atoms with van der Waals surface area (Å²) in [5.41, 5.74) is 0. The van der Waals surface area contributed by atoms with Gasteiger partial charge in [-0.05, 0) is 0 Å². The molecule has 0 unspecified atom stereocenters. The minimum atomic E-state index is -1.01. The Morgan fingerprint density at radius 2 is 2.22 bits per heavy atom. The second kappa shape index (κ2) is 3.97. The molecular formula is C5H11AsNO2+. The van der Waals surface area contributed by atoms with Gasteiger partial charge in [-0.1, -0.05) is 0 Å². The van der Waals surface area contributed by atoms with E-state index < -0.39 is 15.1 Å². The van der Waals surface area contributed by atoms with Crippen LogP contribution in [-0.2, 0) is 3.74 Å². The number of hydrogen-bond donors (Lipinski definition) is 1. The molecule has 0 aromatic rings. The zero-order valence-corrected chi connectivity index (χ0v) is 7.54. The van der Waals surface area contributed by atoms with Crippen LogP contribution in [-0.4, -0.2) is 51.9 Å². The molecular weight excluding hydrogens is 181 g/mol. The van der Waals surface area contributed by atoms with Crippen molar-refractivity contribution in [2.75, 3.05) is 27.2 Å². The van der Waals surface area contributed by atoms with Crippen LogP contribution in [0.3, 0.4) is 0 Å². The van der Waals surface area contributed by atoms with E-state index >= 15 is 0 Å². The predicted molar refractivity (Wildman–Crippen MR) is 34.4 cm³/mol. The molecule has 0 heterocycles. The van der Waals surface area contributed by atoms with Crippen LogP contribution in [0.4, 0.5) is 0 Å². The molecule has 0 saturated heterocycles. The molecule has 0 radical (unpaired) electrons. The quantitative estimate of drug-likeness (QED) is 0.451. The van der Waals surface area contributed by atoms with E-state index in [4.69, 9.17) is 5.11 Å². The van der Waals surface area contributed by atoms with Gasteiger partial charge in [0.2, 0.25) is 0 Å². The van der Waals surface area contributed by atoms with Gasteiger partial charge in [0.25, 0.3) is 0 Å². The van der Waals surface area contributed by atoms with Gasteiger partial charge in [-0.25, -0.2) is 0 Å². The molecule has 0 atom stereocenters.